The molecule has 2 aliphatic heterocycles. The minimum atomic E-state index is -0.711. The third kappa shape index (κ3) is 15.3. The molecule has 2 fully saturated rings. The van der Waals surface area contributed by atoms with Crippen LogP contribution in [0.4, 0.5) is 23.0 Å². The van der Waals surface area contributed by atoms with Crippen LogP contribution in [0, 0.1) is 0 Å². The Balaban J connectivity index is 0.000000282. The van der Waals surface area contributed by atoms with Crippen LogP contribution in [0.1, 0.15) is 33.1 Å². The normalized spacial score (nSPS) is 13.5. The number of nitrogens with two attached hydrogens (primary N) is 1. The molecule has 4 aromatic heterocycles. The number of nitrogens with zero attached hydrogens (tertiary/aromatic N) is 6. The number of pyridine rings is 2. The number of aliphatic carboxylic acids is 1. The van der Waals surface area contributed by atoms with Crippen molar-refractivity contribution in [2.24, 2.45) is 0 Å². The lowest BCUT2D eigenvalue weighted by Gasteiger charge is -2.28. The van der Waals surface area contributed by atoms with E-state index in [4.69, 9.17) is 30.3 Å². The molecule has 0 saturated carbocycles. The number of rotatable bonds is 13. The summed E-state index contributed by atoms with van der Waals surface area (Å²) < 4.78 is 10.9. The smallest absolute Gasteiger partial charge is 0.303 e. The highest BCUT2D eigenvalue weighted by molar-refractivity contribution is 5.97. The summed E-state index contributed by atoms with van der Waals surface area (Å²) in [4.78, 5) is 47.3. The summed E-state index contributed by atoms with van der Waals surface area (Å²) in [5.41, 5.74) is 13.7. The lowest BCUT2D eigenvalue weighted by molar-refractivity contribution is -0.137. The SMILES string of the molecule is C.CN(C)CCCC(=O)Nc1cc(-c2cccc3[nH]ccc23)nc(N2CCOCC2)c1.CN(C)CCCC(=O)O.Cl.Nc1cc(-c2cccc3[nH]ccc23)nc(N2CCOCC2)c1.[B]. The molecule has 2 saturated heterocycles. The number of amides is 1. The fourth-order valence-electron chi connectivity index (χ4n) is 7.25. The first-order chi connectivity index (χ1) is 29.5. The topological polar surface area (TPSA) is 181 Å². The average molecular weight is 896 g/mol. The molecule has 64 heavy (non-hydrogen) atoms. The van der Waals surface area contributed by atoms with Crippen molar-refractivity contribution in [3.63, 3.8) is 0 Å². The molecule has 1 amide bonds. The van der Waals surface area contributed by atoms with E-state index in [1.54, 1.807) is 0 Å². The first kappa shape index (κ1) is 52.7. The average Bonchev–Trinajstić information content (AvgIpc) is 3.95. The summed E-state index contributed by atoms with van der Waals surface area (Å²) in [6, 6.07) is 24.3. The van der Waals surface area contributed by atoms with Gasteiger partial charge in [0, 0.05) is 116 Å². The van der Waals surface area contributed by atoms with E-state index in [0.717, 1.165) is 133 Å². The molecule has 0 spiro atoms. The van der Waals surface area contributed by atoms with E-state index in [1.165, 1.54) is 0 Å². The van der Waals surface area contributed by atoms with Gasteiger partial charge in [0.05, 0.1) is 37.8 Å². The van der Waals surface area contributed by atoms with Gasteiger partial charge < -0.3 is 55.2 Å². The third-order valence-corrected chi connectivity index (χ3v) is 10.3. The monoisotopic (exact) mass is 895 g/mol. The highest BCUT2D eigenvalue weighted by Gasteiger charge is 2.18. The second-order valence-corrected chi connectivity index (χ2v) is 15.7. The number of morpholine rings is 2. The molecule has 15 nitrogen and oxygen atoms in total. The fourth-order valence-corrected chi connectivity index (χ4v) is 7.25. The molecule has 8 rings (SSSR count). The number of carboxylic acid groups (broad SMARTS) is 1. The Labute approximate surface area is 385 Å². The van der Waals surface area contributed by atoms with Crippen LogP contribution >= 0.6 is 12.4 Å². The van der Waals surface area contributed by atoms with Crippen molar-refractivity contribution in [1.82, 2.24) is 29.7 Å². The summed E-state index contributed by atoms with van der Waals surface area (Å²) in [6.07, 6.45) is 6.23. The molecule has 0 aliphatic carbocycles. The van der Waals surface area contributed by atoms with Crippen molar-refractivity contribution in [3.8, 4) is 22.5 Å². The Hall–Kier alpha value is -5.65. The molecule has 0 unspecified atom stereocenters. The predicted octanol–water partition coefficient (Wildman–Crippen LogP) is 7.09. The molecule has 3 radical (unpaired) electrons. The lowest BCUT2D eigenvalue weighted by atomic mass is 10.1. The number of halogens is 1. The second-order valence-electron chi connectivity index (χ2n) is 15.7. The van der Waals surface area contributed by atoms with Crippen molar-refractivity contribution in [1.29, 1.82) is 0 Å². The zero-order valence-electron chi connectivity index (χ0n) is 36.8. The lowest BCUT2D eigenvalue weighted by Crippen LogP contribution is -2.36. The zero-order valence-corrected chi connectivity index (χ0v) is 37.6. The van der Waals surface area contributed by atoms with Gasteiger partial charge in [-0.05, 0) is 90.5 Å². The van der Waals surface area contributed by atoms with Crippen LogP contribution < -0.4 is 20.9 Å². The maximum absolute atomic E-state index is 12.5. The molecule has 6 aromatic rings. The molecule has 2 aromatic carbocycles. The van der Waals surface area contributed by atoms with Gasteiger partial charge in [-0.15, -0.1) is 12.4 Å². The number of fused-ring (bicyclic) bond motifs is 2. The van der Waals surface area contributed by atoms with Gasteiger partial charge in [0.2, 0.25) is 5.91 Å². The van der Waals surface area contributed by atoms with Gasteiger partial charge in [-0.2, -0.15) is 0 Å². The van der Waals surface area contributed by atoms with E-state index in [9.17, 15) is 9.59 Å². The van der Waals surface area contributed by atoms with Crippen LogP contribution in [-0.4, -0.2) is 149 Å². The fraction of sp³-hybridized carbons (Fsp3) is 0.404. The maximum atomic E-state index is 12.5. The molecule has 17 heteroatoms. The Bertz CT molecular complexity index is 2340. The van der Waals surface area contributed by atoms with E-state index >= 15 is 0 Å². The van der Waals surface area contributed by atoms with Gasteiger partial charge in [0.1, 0.15) is 11.6 Å². The van der Waals surface area contributed by atoms with Crippen LogP contribution in [0.5, 0.6) is 0 Å². The molecule has 6 heterocycles. The van der Waals surface area contributed by atoms with Gasteiger partial charge >= 0.3 is 5.97 Å². The number of aromatic amines is 2. The van der Waals surface area contributed by atoms with E-state index in [0.29, 0.717) is 19.6 Å². The number of hydrogen-bond acceptors (Lipinski definition) is 11. The molecule has 0 bridgehead atoms. The minimum Gasteiger partial charge on any atom is -0.481 e. The summed E-state index contributed by atoms with van der Waals surface area (Å²) in [5, 5.41) is 13.6. The van der Waals surface area contributed by atoms with Crippen molar-refractivity contribution in [2.45, 2.75) is 33.1 Å². The van der Waals surface area contributed by atoms with Crippen LogP contribution in [0.25, 0.3) is 44.3 Å². The summed E-state index contributed by atoms with van der Waals surface area (Å²) in [6.45, 7) is 7.88. The number of carbonyl (C=O) groups excluding carboxylic acids is 1. The van der Waals surface area contributed by atoms with Crippen LogP contribution in [0.2, 0.25) is 0 Å². The van der Waals surface area contributed by atoms with Gasteiger partial charge in [0.25, 0.3) is 0 Å². The molecule has 2 aliphatic rings. The van der Waals surface area contributed by atoms with Crippen LogP contribution in [0.15, 0.2) is 85.2 Å². The Morgan fingerprint density at radius 3 is 1.67 bits per heavy atom. The maximum Gasteiger partial charge on any atom is 0.303 e. The number of nitrogen functional groups attached to an aromatic ring is 1. The number of aromatic nitrogens is 4. The largest absolute Gasteiger partial charge is 0.481 e. The molecule has 6 N–H and O–H groups in total. The van der Waals surface area contributed by atoms with Crippen LogP contribution in [0.3, 0.4) is 0 Å². The Morgan fingerprint density at radius 1 is 0.719 bits per heavy atom. The Morgan fingerprint density at radius 2 is 1.19 bits per heavy atom. The van der Waals surface area contributed by atoms with Crippen molar-refractivity contribution in [2.75, 3.05) is 115 Å². The number of ether oxygens (including phenoxy) is 2. The number of carboxylic acids is 1. The molecule has 0 atom stereocenters. The van der Waals surface area contributed by atoms with Gasteiger partial charge in [-0.3, -0.25) is 9.59 Å². The quantitative estimate of drug-likeness (QED) is 0.0745. The van der Waals surface area contributed by atoms with E-state index in [2.05, 4.69) is 66.4 Å². The molecular formula is C47H65BClN10O5. The molecule has 343 valence electrons. The van der Waals surface area contributed by atoms with E-state index < -0.39 is 5.97 Å². The van der Waals surface area contributed by atoms with E-state index in [-0.39, 0.29) is 40.6 Å². The van der Waals surface area contributed by atoms with Crippen LogP contribution in [-0.2, 0) is 19.1 Å². The number of benzene rings is 2. The predicted molar refractivity (Wildman–Crippen MR) is 265 cm³/mol. The number of carbonyl (C=O) groups is 2. The zero-order chi connectivity index (χ0) is 43.1. The third-order valence-electron chi connectivity index (χ3n) is 10.3. The number of anilines is 4. The van der Waals surface area contributed by atoms with Gasteiger partial charge in [-0.25, -0.2) is 9.97 Å². The summed E-state index contributed by atoms with van der Waals surface area (Å²) >= 11 is 0. The van der Waals surface area contributed by atoms with Gasteiger partial charge in [0.15, 0.2) is 0 Å². The van der Waals surface area contributed by atoms with Crippen molar-refractivity contribution >= 4 is 77.5 Å². The first-order valence-corrected chi connectivity index (χ1v) is 20.9. The number of hydrogen-bond donors (Lipinski definition) is 5. The standard InChI is InChI=1S/C23H29N5O2.C17H18N4O.C6H13NO2.CH4.B.ClH/c1-27(2)10-4-7-23(29)25-17-15-21(18-5-3-6-20-19(18)8-9-24-20)26-22(16-17)28-11-13-30-14-12-28;18-12-10-16(13-2-1-3-15-14(13)4-5-19-15)20-17(11-12)21-6-8-22-9-7-21;1-7(2)5-3-4-6(8)9;;;/h3,5-6,8-9,15-16,24H,4,7,10-14H2,1-2H3,(H,25,26,29);1-5,10-11,19H,6-9H2,(H2,18,20);3-5H2,1-2H3,(H,8,9);1H4;;1H. The van der Waals surface area contributed by atoms with Crippen molar-refractivity contribution < 1.29 is 24.2 Å². The van der Waals surface area contributed by atoms with Crippen molar-refractivity contribution in [3.05, 3.63) is 85.2 Å². The van der Waals surface area contributed by atoms with E-state index in [1.807, 2.05) is 81.9 Å². The number of nitrogens with one attached hydrogen (secondary N) is 3. The first-order valence-electron chi connectivity index (χ1n) is 20.9. The molecular weight excluding hydrogens is 831 g/mol. The Kier molecular flexibility index (Phi) is 21.6. The minimum absolute atomic E-state index is 0. The summed E-state index contributed by atoms with van der Waals surface area (Å²) in [7, 11) is 7.90. The highest BCUT2D eigenvalue weighted by Crippen LogP contribution is 2.32. The number of H-pyrrole nitrogens is 2. The summed E-state index contributed by atoms with van der Waals surface area (Å²) in [5.74, 6) is 1.11. The highest BCUT2D eigenvalue weighted by atomic mass is 35.5. The second kappa shape index (κ2) is 26.2. The van der Waals surface area contributed by atoms with Gasteiger partial charge in [-0.1, -0.05) is 31.7 Å².